The predicted molar refractivity (Wildman–Crippen MR) is 133 cm³/mol. The average Bonchev–Trinajstić information content (AvgIpc) is 3.17. The van der Waals surface area contributed by atoms with Gasteiger partial charge in [-0.25, -0.2) is 27.9 Å². The van der Waals surface area contributed by atoms with Crippen LogP contribution in [0.2, 0.25) is 4.47 Å². The van der Waals surface area contributed by atoms with E-state index in [0.717, 1.165) is 11.3 Å². The third-order valence-electron chi connectivity index (χ3n) is 6.77. The van der Waals surface area contributed by atoms with Crippen LogP contribution >= 0.6 is 22.9 Å². The average molecular weight is 567 g/mol. The molecule has 3 heterocycles. The highest BCUT2D eigenvalue weighted by Gasteiger charge is 2.59. The third-order valence-corrected chi connectivity index (χ3v) is 7.93. The number of hydrogen-bond donors (Lipinski definition) is 2. The number of thiazole rings is 1. The van der Waals surface area contributed by atoms with E-state index < -0.39 is 35.5 Å². The van der Waals surface area contributed by atoms with Gasteiger partial charge in [0.2, 0.25) is 5.88 Å². The largest absolute Gasteiger partial charge is 0.474 e. The maximum atomic E-state index is 13.5. The maximum absolute atomic E-state index is 13.5. The van der Waals surface area contributed by atoms with E-state index in [0.29, 0.717) is 29.9 Å². The molecule has 38 heavy (non-hydrogen) atoms. The van der Waals surface area contributed by atoms with E-state index in [1.807, 2.05) is 0 Å². The second kappa shape index (κ2) is 9.73. The first-order valence-electron chi connectivity index (χ1n) is 11.6. The van der Waals surface area contributed by atoms with Gasteiger partial charge >= 0.3 is 6.09 Å². The number of nitrogens with zero attached hydrogens (tertiary/aromatic N) is 3. The van der Waals surface area contributed by atoms with Gasteiger partial charge in [-0.15, -0.1) is 0 Å². The Bertz CT molecular complexity index is 1390. The van der Waals surface area contributed by atoms with Crippen LogP contribution in [-0.2, 0) is 5.54 Å². The highest BCUT2D eigenvalue weighted by Crippen LogP contribution is 2.49. The number of aromatic nitrogens is 2. The van der Waals surface area contributed by atoms with E-state index in [9.17, 15) is 27.9 Å². The first-order chi connectivity index (χ1) is 17.9. The number of piperidine rings is 1. The zero-order valence-electron chi connectivity index (χ0n) is 20.1. The van der Waals surface area contributed by atoms with Crippen molar-refractivity contribution in [2.24, 2.45) is 11.8 Å². The molecule has 3 aromatic rings. The Balaban J connectivity index is 1.34. The summed E-state index contributed by atoms with van der Waals surface area (Å²) >= 11 is 6.51. The molecule has 1 saturated heterocycles. The number of ether oxygens (including phenoxy) is 1. The van der Waals surface area contributed by atoms with Crippen molar-refractivity contribution in [1.82, 2.24) is 20.2 Å². The smallest absolute Gasteiger partial charge is 0.405 e. The number of benzene rings is 1. The van der Waals surface area contributed by atoms with Gasteiger partial charge in [-0.2, -0.15) is 0 Å². The lowest BCUT2D eigenvalue weighted by Gasteiger charge is -2.26. The highest BCUT2D eigenvalue weighted by atomic mass is 35.5. The number of halogens is 4. The van der Waals surface area contributed by atoms with E-state index in [4.69, 9.17) is 16.3 Å². The molecule has 5 rings (SSSR count). The molecular formula is C25H22ClF3N4O4S. The highest BCUT2D eigenvalue weighted by molar-refractivity contribution is 7.17. The zero-order chi connectivity index (χ0) is 27.4. The number of nitrogens with one attached hydrogen (secondary N) is 1. The van der Waals surface area contributed by atoms with Crippen LogP contribution in [-0.4, -0.2) is 51.2 Å². The van der Waals surface area contributed by atoms with E-state index in [1.54, 1.807) is 38.1 Å². The Morgan fingerprint density at radius 3 is 2.45 bits per heavy atom. The number of carbonyl (C=O) groups is 2. The lowest BCUT2D eigenvalue weighted by atomic mass is 9.93. The van der Waals surface area contributed by atoms with Crippen LogP contribution in [0.15, 0.2) is 36.4 Å². The number of alkyl halides is 2. The Morgan fingerprint density at radius 2 is 1.84 bits per heavy atom. The van der Waals surface area contributed by atoms with E-state index in [-0.39, 0.29) is 33.2 Å². The minimum Gasteiger partial charge on any atom is -0.474 e. The van der Waals surface area contributed by atoms with Crippen LogP contribution in [0.3, 0.4) is 0 Å². The quantitative estimate of drug-likeness (QED) is 0.386. The summed E-state index contributed by atoms with van der Waals surface area (Å²) < 4.78 is 46.1. The van der Waals surface area contributed by atoms with E-state index in [1.165, 1.54) is 17.0 Å². The Morgan fingerprint density at radius 1 is 1.18 bits per heavy atom. The van der Waals surface area contributed by atoms with E-state index >= 15 is 0 Å². The molecule has 3 atom stereocenters. The van der Waals surface area contributed by atoms with Crippen molar-refractivity contribution in [3.63, 3.8) is 0 Å². The van der Waals surface area contributed by atoms with Crippen molar-refractivity contribution in [3.8, 4) is 17.1 Å². The van der Waals surface area contributed by atoms with Crippen LogP contribution in [0.5, 0.6) is 5.88 Å². The summed E-state index contributed by atoms with van der Waals surface area (Å²) in [5, 5.41) is 11.7. The number of hydrogen-bond acceptors (Lipinski definition) is 6. The number of fused-ring (bicyclic) bond motifs is 1. The molecule has 1 aliphatic carbocycles. The van der Waals surface area contributed by atoms with Crippen LogP contribution in [0, 0.1) is 17.7 Å². The van der Waals surface area contributed by atoms with Crippen LogP contribution in [0.4, 0.5) is 18.0 Å². The first-order valence-corrected chi connectivity index (χ1v) is 12.8. The van der Waals surface area contributed by atoms with Gasteiger partial charge < -0.3 is 20.1 Å². The molecule has 1 saturated carbocycles. The van der Waals surface area contributed by atoms with Crippen molar-refractivity contribution in [1.29, 1.82) is 0 Å². The molecule has 2 aliphatic rings. The fourth-order valence-electron chi connectivity index (χ4n) is 4.74. The number of likely N-dealkylation sites (tertiary alicyclic amines) is 1. The molecule has 1 aromatic carbocycles. The molecule has 200 valence electrons. The van der Waals surface area contributed by atoms with Gasteiger partial charge in [0.1, 0.15) is 22.5 Å². The maximum Gasteiger partial charge on any atom is 0.405 e. The second-order valence-electron chi connectivity index (χ2n) is 9.74. The summed E-state index contributed by atoms with van der Waals surface area (Å²) in [6.45, 7) is 4.04. The van der Waals surface area contributed by atoms with Gasteiger partial charge in [0, 0.05) is 36.6 Å². The number of amides is 2. The third kappa shape index (κ3) is 5.14. The predicted octanol–water partition coefficient (Wildman–Crippen LogP) is 5.59. The molecule has 2 fully saturated rings. The van der Waals surface area contributed by atoms with Gasteiger partial charge in [-0.1, -0.05) is 22.9 Å². The van der Waals surface area contributed by atoms with Gasteiger partial charge in [-0.05, 0) is 49.7 Å². The number of pyridine rings is 1. The SMILES string of the molecule is CC(C)(NC(=O)O)c1cc(OC2[C@H]3CN(C(=O)c4sc(Cl)nc4C(F)F)C[C@@H]23)nc(-c2ccc(F)cc2)c1. The molecule has 0 radical (unpaired) electrons. The summed E-state index contributed by atoms with van der Waals surface area (Å²) in [4.78, 5) is 33.7. The molecule has 1 unspecified atom stereocenters. The number of carbonyl (C=O) groups excluding carboxylic acids is 1. The fraction of sp³-hybridized carbons (Fsp3) is 0.360. The first kappa shape index (κ1) is 26.2. The number of carboxylic acid groups (broad SMARTS) is 1. The number of rotatable bonds is 7. The van der Waals surface area contributed by atoms with Crippen molar-refractivity contribution < 1.29 is 32.6 Å². The van der Waals surface area contributed by atoms with Crippen LogP contribution in [0.1, 0.15) is 41.2 Å². The minimum atomic E-state index is -2.90. The Hall–Kier alpha value is -3.38. The topological polar surface area (TPSA) is 105 Å². The second-order valence-corrected chi connectivity index (χ2v) is 11.3. The summed E-state index contributed by atoms with van der Waals surface area (Å²) in [5.74, 6) is -0.700. The zero-order valence-corrected chi connectivity index (χ0v) is 21.7. The summed E-state index contributed by atoms with van der Waals surface area (Å²) in [5.41, 5.74) is 0.0960. The monoisotopic (exact) mass is 566 g/mol. The summed E-state index contributed by atoms with van der Waals surface area (Å²) in [6, 6.07) is 9.10. The molecule has 0 spiro atoms. The Labute approximate surface area is 224 Å². The fourth-order valence-corrected chi connectivity index (χ4v) is 5.83. The van der Waals surface area contributed by atoms with E-state index in [2.05, 4.69) is 15.3 Å². The summed E-state index contributed by atoms with van der Waals surface area (Å²) in [7, 11) is 0. The van der Waals surface area contributed by atoms with Gasteiger partial charge in [0.25, 0.3) is 12.3 Å². The van der Waals surface area contributed by atoms with Crippen molar-refractivity contribution >= 4 is 34.9 Å². The molecular weight excluding hydrogens is 545 g/mol. The molecule has 13 heteroatoms. The molecule has 1 aliphatic heterocycles. The van der Waals surface area contributed by atoms with Gasteiger partial charge in [0.05, 0.1) is 11.2 Å². The van der Waals surface area contributed by atoms with Gasteiger partial charge in [0.15, 0.2) is 4.47 Å². The standard InChI is InChI=1S/C25H22ClF3N4O4S/c1-25(2,32-24(35)36)12-7-16(11-3-5-13(27)6-4-11)30-17(8-12)37-19-14-9-33(10-15(14)19)22(34)20-18(21(28)29)31-23(26)38-20/h3-8,14-15,19,21,32H,9-10H2,1-2H3,(H,35,36)/t14-,15+,19?. The van der Waals surface area contributed by atoms with Crippen molar-refractivity contribution in [2.45, 2.75) is 31.9 Å². The van der Waals surface area contributed by atoms with Gasteiger partial charge in [-0.3, -0.25) is 4.79 Å². The molecule has 2 N–H and O–H groups in total. The lowest BCUT2D eigenvalue weighted by molar-refractivity contribution is 0.0743. The Kier molecular flexibility index (Phi) is 6.72. The normalized spacial score (nSPS) is 20.4. The van der Waals surface area contributed by atoms with Crippen LogP contribution < -0.4 is 10.1 Å². The molecule has 8 nitrogen and oxygen atoms in total. The molecule has 2 aromatic heterocycles. The lowest BCUT2D eigenvalue weighted by Crippen LogP contribution is -2.40. The molecule has 0 bridgehead atoms. The van der Waals surface area contributed by atoms with Crippen molar-refractivity contribution in [2.75, 3.05) is 13.1 Å². The minimum absolute atomic E-state index is 0.0118. The molecule has 2 amide bonds. The van der Waals surface area contributed by atoms with Crippen molar-refractivity contribution in [3.05, 3.63) is 62.8 Å². The summed E-state index contributed by atoms with van der Waals surface area (Å²) in [6.07, 6.45) is -4.35. The van der Waals surface area contributed by atoms with Crippen LogP contribution in [0.25, 0.3) is 11.3 Å².